The van der Waals surface area contributed by atoms with Crippen molar-refractivity contribution in [3.05, 3.63) is 36.5 Å². The van der Waals surface area contributed by atoms with E-state index >= 15 is 0 Å². The van der Waals surface area contributed by atoms with Crippen molar-refractivity contribution in [3.63, 3.8) is 0 Å². The number of rotatable bonds is 1. The minimum Gasteiger partial charge on any atom is -0.289 e. The second kappa shape index (κ2) is 3.95. The first kappa shape index (κ1) is 10.1. The SMILES string of the molecule is C=C1C(=O)C(=O)C=CC1N1CC=CCC1. The molecule has 0 radical (unpaired) electrons. The molecule has 1 atom stereocenters. The lowest BCUT2D eigenvalue weighted by Gasteiger charge is -2.32. The van der Waals surface area contributed by atoms with Crippen LogP contribution >= 0.6 is 0 Å². The van der Waals surface area contributed by atoms with Gasteiger partial charge in [0.25, 0.3) is 0 Å². The lowest BCUT2D eigenvalue weighted by molar-refractivity contribution is -0.132. The third-order valence-corrected chi connectivity index (χ3v) is 2.79. The van der Waals surface area contributed by atoms with Gasteiger partial charge in [-0.25, -0.2) is 0 Å². The molecular weight excluding hydrogens is 190 g/mol. The van der Waals surface area contributed by atoms with E-state index in [0.717, 1.165) is 19.5 Å². The standard InChI is InChI=1S/C12H13NO2/c1-9-10(5-6-11(14)12(9)15)13-7-3-2-4-8-13/h2-3,5-6,10H,1,4,7-8H2. The maximum absolute atomic E-state index is 11.4. The fraction of sp³-hybridized carbons (Fsp3) is 0.333. The number of carbonyl (C=O) groups excluding carboxylic acids is 2. The zero-order valence-corrected chi connectivity index (χ0v) is 8.48. The second-order valence-electron chi connectivity index (χ2n) is 3.78. The van der Waals surface area contributed by atoms with Gasteiger partial charge < -0.3 is 0 Å². The molecule has 0 saturated carbocycles. The van der Waals surface area contributed by atoms with E-state index in [9.17, 15) is 9.59 Å². The van der Waals surface area contributed by atoms with Crippen LogP contribution in [0, 0.1) is 0 Å². The van der Waals surface area contributed by atoms with E-state index in [1.165, 1.54) is 6.08 Å². The molecule has 0 bridgehead atoms. The minimum absolute atomic E-state index is 0.0971. The van der Waals surface area contributed by atoms with Crippen LogP contribution in [0.15, 0.2) is 36.5 Å². The van der Waals surface area contributed by atoms with Gasteiger partial charge in [-0.2, -0.15) is 0 Å². The third kappa shape index (κ3) is 1.83. The molecule has 1 heterocycles. The molecule has 0 aromatic heterocycles. The van der Waals surface area contributed by atoms with Crippen molar-refractivity contribution in [2.45, 2.75) is 12.5 Å². The topological polar surface area (TPSA) is 37.4 Å². The molecule has 0 N–H and O–H groups in total. The number of nitrogens with zero attached hydrogens (tertiary/aromatic N) is 1. The monoisotopic (exact) mass is 203 g/mol. The predicted octanol–water partition coefficient (Wildman–Crippen LogP) is 0.881. The molecule has 2 rings (SSSR count). The minimum atomic E-state index is -0.455. The van der Waals surface area contributed by atoms with Crippen molar-refractivity contribution in [3.8, 4) is 0 Å². The Labute approximate surface area is 88.8 Å². The van der Waals surface area contributed by atoms with Crippen molar-refractivity contribution < 1.29 is 9.59 Å². The lowest BCUT2D eigenvalue weighted by Crippen LogP contribution is -2.42. The first-order chi connectivity index (χ1) is 7.20. The fourth-order valence-electron chi connectivity index (χ4n) is 1.92. The van der Waals surface area contributed by atoms with Crippen LogP contribution in [0.4, 0.5) is 0 Å². The Morgan fingerprint density at radius 1 is 1.33 bits per heavy atom. The molecule has 0 amide bonds. The van der Waals surface area contributed by atoms with Gasteiger partial charge in [0.1, 0.15) is 0 Å². The number of Topliss-reactive ketones (excluding diaryl/α,β-unsaturated/α-hetero) is 1. The van der Waals surface area contributed by atoms with Gasteiger partial charge in [-0.05, 0) is 12.5 Å². The van der Waals surface area contributed by atoms with Crippen LogP contribution in [0.1, 0.15) is 6.42 Å². The Hall–Kier alpha value is -1.48. The Morgan fingerprint density at radius 2 is 2.13 bits per heavy atom. The van der Waals surface area contributed by atoms with Crippen LogP contribution < -0.4 is 0 Å². The summed E-state index contributed by atoms with van der Waals surface area (Å²) in [5.41, 5.74) is 0.401. The van der Waals surface area contributed by atoms with Gasteiger partial charge in [-0.1, -0.05) is 24.8 Å². The highest BCUT2D eigenvalue weighted by atomic mass is 16.2. The molecule has 1 unspecified atom stereocenters. The molecule has 78 valence electrons. The average molecular weight is 203 g/mol. The Bertz CT molecular complexity index is 379. The van der Waals surface area contributed by atoms with E-state index in [-0.39, 0.29) is 6.04 Å². The highest BCUT2D eigenvalue weighted by molar-refractivity contribution is 6.48. The van der Waals surface area contributed by atoms with Crippen molar-refractivity contribution in [1.82, 2.24) is 4.90 Å². The molecule has 3 heteroatoms. The molecule has 0 fully saturated rings. The number of hydrogen-bond donors (Lipinski definition) is 0. The van der Waals surface area contributed by atoms with Crippen LogP contribution in [-0.2, 0) is 9.59 Å². The van der Waals surface area contributed by atoms with E-state index in [1.807, 2.05) is 0 Å². The quantitative estimate of drug-likeness (QED) is 0.361. The zero-order valence-electron chi connectivity index (χ0n) is 8.48. The van der Waals surface area contributed by atoms with Gasteiger partial charge in [-0.15, -0.1) is 0 Å². The molecule has 0 spiro atoms. The fourth-order valence-corrected chi connectivity index (χ4v) is 1.92. The van der Waals surface area contributed by atoms with E-state index in [4.69, 9.17) is 0 Å². The summed E-state index contributed by atoms with van der Waals surface area (Å²) in [5, 5.41) is 0. The van der Waals surface area contributed by atoms with E-state index in [0.29, 0.717) is 5.57 Å². The highest BCUT2D eigenvalue weighted by Crippen LogP contribution is 2.18. The zero-order chi connectivity index (χ0) is 10.8. The van der Waals surface area contributed by atoms with Crippen molar-refractivity contribution in [2.75, 3.05) is 13.1 Å². The van der Waals surface area contributed by atoms with Crippen LogP contribution in [0.25, 0.3) is 0 Å². The summed E-state index contributed by atoms with van der Waals surface area (Å²) < 4.78 is 0. The van der Waals surface area contributed by atoms with E-state index < -0.39 is 11.6 Å². The van der Waals surface area contributed by atoms with Crippen LogP contribution in [-0.4, -0.2) is 35.6 Å². The molecule has 2 aliphatic rings. The van der Waals surface area contributed by atoms with Gasteiger partial charge in [0.2, 0.25) is 11.6 Å². The van der Waals surface area contributed by atoms with Gasteiger partial charge >= 0.3 is 0 Å². The Balaban J connectivity index is 2.19. The molecule has 0 saturated heterocycles. The van der Waals surface area contributed by atoms with Gasteiger partial charge in [0.05, 0.1) is 6.04 Å². The van der Waals surface area contributed by atoms with Crippen LogP contribution in [0.5, 0.6) is 0 Å². The lowest BCUT2D eigenvalue weighted by atomic mass is 9.93. The number of carbonyl (C=O) groups is 2. The Kier molecular flexibility index (Phi) is 2.64. The second-order valence-corrected chi connectivity index (χ2v) is 3.78. The van der Waals surface area contributed by atoms with Gasteiger partial charge in [0, 0.05) is 18.7 Å². The van der Waals surface area contributed by atoms with Crippen LogP contribution in [0.2, 0.25) is 0 Å². The van der Waals surface area contributed by atoms with Crippen molar-refractivity contribution in [2.24, 2.45) is 0 Å². The molecule has 15 heavy (non-hydrogen) atoms. The summed E-state index contributed by atoms with van der Waals surface area (Å²) >= 11 is 0. The largest absolute Gasteiger partial charge is 0.289 e. The summed E-state index contributed by atoms with van der Waals surface area (Å²) in [4.78, 5) is 24.7. The maximum atomic E-state index is 11.4. The number of allylic oxidation sites excluding steroid dienone is 1. The Morgan fingerprint density at radius 3 is 2.80 bits per heavy atom. The average Bonchev–Trinajstić information content (AvgIpc) is 2.27. The van der Waals surface area contributed by atoms with E-state index in [1.54, 1.807) is 6.08 Å². The molecular formula is C12H13NO2. The summed E-state index contributed by atoms with van der Waals surface area (Å²) in [6.07, 6.45) is 8.31. The summed E-state index contributed by atoms with van der Waals surface area (Å²) in [5.74, 6) is -0.902. The maximum Gasteiger partial charge on any atom is 0.230 e. The summed E-state index contributed by atoms with van der Waals surface area (Å²) in [7, 11) is 0. The normalized spacial score (nSPS) is 27.5. The van der Waals surface area contributed by atoms with Crippen molar-refractivity contribution >= 4 is 11.6 Å². The predicted molar refractivity (Wildman–Crippen MR) is 57.4 cm³/mol. The van der Waals surface area contributed by atoms with Gasteiger partial charge in [-0.3, -0.25) is 14.5 Å². The van der Waals surface area contributed by atoms with Crippen LogP contribution in [0.3, 0.4) is 0 Å². The third-order valence-electron chi connectivity index (χ3n) is 2.79. The molecule has 3 nitrogen and oxygen atoms in total. The van der Waals surface area contributed by atoms with Crippen molar-refractivity contribution in [1.29, 1.82) is 0 Å². The first-order valence-corrected chi connectivity index (χ1v) is 5.05. The summed E-state index contributed by atoms with van der Waals surface area (Å²) in [6, 6.07) is -0.0971. The first-order valence-electron chi connectivity index (χ1n) is 5.05. The molecule has 0 aromatic rings. The number of ketones is 2. The van der Waals surface area contributed by atoms with Gasteiger partial charge in [0.15, 0.2) is 0 Å². The summed E-state index contributed by atoms with van der Waals surface area (Å²) in [6.45, 7) is 5.44. The molecule has 0 aromatic carbocycles. The molecule has 1 aliphatic carbocycles. The smallest absolute Gasteiger partial charge is 0.230 e. The molecule has 1 aliphatic heterocycles. The highest BCUT2D eigenvalue weighted by Gasteiger charge is 2.29. The number of hydrogen-bond acceptors (Lipinski definition) is 3. The van der Waals surface area contributed by atoms with E-state index in [2.05, 4.69) is 23.6 Å².